The first kappa shape index (κ1) is 16.5. The Morgan fingerprint density at radius 3 is 2.62 bits per heavy atom. The summed E-state index contributed by atoms with van der Waals surface area (Å²) in [6.07, 6.45) is 1.23. The van der Waals surface area contributed by atoms with Gasteiger partial charge in [0.15, 0.2) is 0 Å². The zero-order valence-electron chi connectivity index (χ0n) is 12.0. The van der Waals surface area contributed by atoms with E-state index in [1.165, 1.54) is 27.9 Å². The summed E-state index contributed by atoms with van der Waals surface area (Å²) in [5.41, 5.74) is -0.134. The molecule has 5 nitrogen and oxygen atoms in total. The van der Waals surface area contributed by atoms with Crippen molar-refractivity contribution in [3.8, 4) is 0 Å². The largest absolute Gasteiger partial charge is 0.348 e. The summed E-state index contributed by atoms with van der Waals surface area (Å²) in [5, 5.41) is 6.70. The Balaban J connectivity index is 1.63. The first-order valence-corrected chi connectivity index (χ1v) is 8.84. The Bertz CT molecular complexity index is 858. The van der Waals surface area contributed by atoms with Crippen LogP contribution in [0.15, 0.2) is 64.9 Å². The molecule has 0 saturated carbocycles. The molecule has 1 aromatic heterocycles. The average molecular weight is 364 g/mol. The summed E-state index contributed by atoms with van der Waals surface area (Å²) in [7, 11) is 2.74. The number of amides is 1. The number of aromatic nitrogens is 3. The molecule has 24 heavy (non-hydrogen) atoms. The van der Waals surface area contributed by atoms with Gasteiger partial charge in [-0.1, -0.05) is 18.2 Å². The van der Waals surface area contributed by atoms with Gasteiger partial charge in [-0.25, -0.2) is 18.6 Å². The maximum absolute atomic E-state index is 13.5. The normalized spacial score (nSPS) is 10.6. The third-order valence-corrected chi connectivity index (χ3v) is 4.97. The summed E-state index contributed by atoms with van der Waals surface area (Å²) in [6, 6.07) is 11.8. The molecule has 0 aliphatic carbocycles. The molecule has 1 heterocycles. The summed E-state index contributed by atoms with van der Waals surface area (Å²) < 4.78 is 27.3. The molecular weight excluding hydrogens is 354 g/mol. The minimum atomic E-state index is -0.863. The number of halogens is 2. The van der Waals surface area contributed by atoms with Crippen molar-refractivity contribution in [3.05, 3.63) is 66.5 Å². The fourth-order valence-electron chi connectivity index (χ4n) is 1.71. The minimum Gasteiger partial charge on any atom is -0.303 e. The van der Waals surface area contributed by atoms with Crippen molar-refractivity contribution in [1.82, 2.24) is 14.8 Å². The highest BCUT2D eigenvalue weighted by atomic mass is 33.1. The van der Waals surface area contributed by atoms with E-state index in [1.807, 2.05) is 30.3 Å². The van der Waals surface area contributed by atoms with Gasteiger partial charge in [-0.2, -0.15) is 4.68 Å². The molecule has 0 aliphatic rings. The van der Waals surface area contributed by atoms with Crippen LogP contribution in [-0.2, 0) is 0 Å². The van der Waals surface area contributed by atoms with E-state index in [-0.39, 0.29) is 5.69 Å². The van der Waals surface area contributed by atoms with Crippen LogP contribution in [0.5, 0.6) is 0 Å². The number of hydrogen-bond donors (Lipinski definition) is 1. The Hall–Kier alpha value is -2.39. The van der Waals surface area contributed by atoms with Crippen LogP contribution in [0, 0.1) is 11.6 Å². The lowest BCUT2D eigenvalue weighted by Gasteiger charge is -2.05. The van der Waals surface area contributed by atoms with Crippen LogP contribution in [0.25, 0.3) is 0 Å². The van der Waals surface area contributed by atoms with Crippen molar-refractivity contribution in [2.75, 3.05) is 5.32 Å². The van der Waals surface area contributed by atoms with Gasteiger partial charge in [0.05, 0.1) is 5.69 Å². The van der Waals surface area contributed by atoms with Crippen molar-refractivity contribution in [3.63, 3.8) is 0 Å². The lowest BCUT2D eigenvalue weighted by molar-refractivity contribution is 0.250. The summed E-state index contributed by atoms with van der Waals surface area (Å²) in [4.78, 5) is 17.0. The van der Waals surface area contributed by atoms with E-state index >= 15 is 0 Å². The molecule has 9 heteroatoms. The molecule has 1 amide bonds. The van der Waals surface area contributed by atoms with Gasteiger partial charge in [0.2, 0.25) is 5.16 Å². The number of anilines is 1. The van der Waals surface area contributed by atoms with Gasteiger partial charge in [0.1, 0.15) is 18.0 Å². The van der Waals surface area contributed by atoms with Gasteiger partial charge in [-0.05, 0) is 45.9 Å². The summed E-state index contributed by atoms with van der Waals surface area (Å²) in [6.45, 7) is 0. The Kier molecular flexibility index (Phi) is 5.11. The first-order chi connectivity index (χ1) is 11.6. The molecule has 3 rings (SSSR count). The van der Waals surface area contributed by atoms with Crippen LogP contribution in [0.3, 0.4) is 0 Å². The van der Waals surface area contributed by atoms with Crippen LogP contribution in [-0.4, -0.2) is 20.8 Å². The third kappa shape index (κ3) is 4.12. The van der Waals surface area contributed by atoms with Crippen LogP contribution < -0.4 is 5.32 Å². The second-order valence-electron chi connectivity index (χ2n) is 4.51. The molecular formula is C15H10F2N4OS2. The molecule has 0 radical (unpaired) electrons. The lowest BCUT2D eigenvalue weighted by atomic mass is 10.3. The fraction of sp³-hybridized carbons (Fsp3) is 0. The lowest BCUT2D eigenvalue weighted by Crippen LogP contribution is -2.20. The van der Waals surface area contributed by atoms with Gasteiger partial charge >= 0.3 is 6.03 Å². The van der Waals surface area contributed by atoms with Crippen LogP contribution in [0.4, 0.5) is 19.3 Å². The van der Waals surface area contributed by atoms with Crippen molar-refractivity contribution in [2.45, 2.75) is 10.1 Å². The van der Waals surface area contributed by atoms with Crippen LogP contribution in [0.2, 0.25) is 0 Å². The van der Waals surface area contributed by atoms with Crippen molar-refractivity contribution < 1.29 is 13.6 Å². The summed E-state index contributed by atoms with van der Waals surface area (Å²) in [5.74, 6) is -1.58. The number of rotatable bonds is 4. The molecule has 122 valence electrons. The molecule has 3 aromatic rings. The first-order valence-electron chi connectivity index (χ1n) is 6.69. The monoisotopic (exact) mass is 364 g/mol. The molecule has 2 aromatic carbocycles. The molecule has 0 aliphatic heterocycles. The summed E-state index contributed by atoms with van der Waals surface area (Å²) >= 11 is 0. The van der Waals surface area contributed by atoms with Gasteiger partial charge in [0, 0.05) is 11.0 Å². The van der Waals surface area contributed by atoms with E-state index in [0.717, 1.165) is 21.7 Å². The van der Waals surface area contributed by atoms with Gasteiger partial charge in [-0.15, -0.1) is 5.10 Å². The molecule has 0 bridgehead atoms. The topological polar surface area (TPSA) is 59.8 Å². The fourth-order valence-corrected chi connectivity index (χ4v) is 3.43. The maximum atomic E-state index is 13.5. The quantitative estimate of drug-likeness (QED) is 0.694. The molecule has 0 unspecified atom stereocenters. The van der Waals surface area contributed by atoms with E-state index < -0.39 is 17.7 Å². The van der Waals surface area contributed by atoms with E-state index in [9.17, 15) is 13.6 Å². The maximum Gasteiger partial charge on any atom is 0.348 e. The second-order valence-corrected chi connectivity index (χ2v) is 6.68. The standard InChI is InChI=1S/C15H10F2N4OS2/c16-10-6-7-13(12(17)8-10)19-15(22)21-9-18-14(20-21)24-23-11-4-2-1-3-5-11/h1-9H,(H,19,22). The average Bonchev–Trinajstić information content (AvgIpc) is 3.05. The number of carbonyl (C=O) groups is 1. The van der Waals surface area contributed by atoms with Crippen molar-refractivity contribution >= 4 is 33.3 Å². The Morgan fingerprint density at radius 1 is 1.08 bits per heavy atom. The van der Waals surface area contributed by atoms with Gasteiger partial charge in [0.25, 0.3) is 0 Å². The van der Waals surface area contributed by atoms with Gasteiger partial charge < -0.3 is 5.32 Å². The highest BCUT2D eigenvalue weighted by Gasteiger charge is 2.12. The molecule has 0 fully saturated rings. The number of nitrogens with one attached hydrogen (secondary N) is 1. The second kappa shape index (κ2) is 7.45. The number of benzene rings is 2. The van der Waals surface area contributed by atoms with Gasteiger partial charge in [-0.3, -0.25) is 0 Å². The van der Waals surface area contributed by atoms with Crippen LogP contribution in [0.1, 0.15) is 0 Å². The van der Waals surface area contributed by atoms with E-state index in [1.54, 1.807) is 0 Å². The molecule has 1 N–H and O–H groups in total. The molecule has 0 atom stereocenters. The Labute approximate surface area is 143 Å². The SMILES string of the molecule is O=C(Nc1ccc(F)cc1F)n1cnc(SSc2ccccc2)n1. The third-order valence-electron chi connectivity index (χ3n) is 2.81. The predicted octanol–water partition coefficient (Wildman–Crippen LogP) is 4.44. The zero-order valence-corrected chi connectivity index (χ0v) is 13.7. The van der Waals surface area contributed by atoms with Crippen molar-refractivity contribution in [1.29, 1.82) is 0 Å². The smallest absolute Gasteiger partial charge is 0.303 e. The van der Waals surface area contributed by atoms with E-state index in [0.29, 0.717) is 11.2 Å². The van der Waals surface area contributed by atoms with Crippen molar-refractivity contribution in [2.24, 2.45) is 0 Å². The predicted molar refractivity (Wildman–Crippen MR) is 89.0 cm³/mol. The molecule has 0 spiro atoms. The minimum absolute atomic E-state index is 0.134. The van der Waals surface area contributed by atoms with E-state index in [2.05, 4.69) is 15.4 Å². The van der Waals surface area contributed by atoms with Crippen LogP contribution >= 0.6 is 21.6 Å². The zero-order chi connectivity index (χ0) is 16.9. The highest BCUT2D eigenvalue weighted by Crippen LogP contribution is 2.34. The Morgan fingerprint density at radius 2 is 1.88 bits per heavy atom. The number of carbonyl (C=O) groups excluding carboxylic acids is 1. The molecule has 0 saturated heterocycles. The number of hydrogen-bond acceptors (Lipinski definition) is 5. The number of nitrogens with zero attached hydrogens (tertiary/aromatic N) is 3. The highest BCUT2D eigenvalue weighted by molar-refractivity contribution is 8.76. The van der Waals surface area contributed by atoms with E-state index in [4.69, 9.17) is 0 Å².